The van der Waals surface area contributed by atoms with E-state index in [4.69, 9.17) is 16.3 Å². The lowest BCUT2D eigenvalue weighted by Crippen LogP contribution is -2.40. The van der Waals surface area contributed by atoms with Crippen LogP contribution < -0.4 is 0 Å². The topological polar surface area (TPSA) is 42.4 Å². The fourth-order valence-electron chi connectivity index (χ4n) is 2.16. The minimum atomic E-state index is -0.512. The van der Waals surface area contributed by atoms with Gasteiger partial charge in [0.05, 0.1) is 12.6 Å². The molecule has 4 nitrogen and oxygen atoms in total. The lowest BCUT2D eigenvalue weighted by molar-refractivity contribution is -0.132. The highest BCUT2D eigenvalue weighted by atomic mass is 35.5. The predicted molar refractivity (Wildman–Crippen MR) is 76.6 cm³/mol. The summed E-state index contributed by atoms with van der Waals surface area (Å²) in [5, 5.41) is 2.43. The van der Waals surface area contributed by atoms with E-state index >= 15 is 0 Å². The van der Waals surface area contributed by atoms with Crippen LogP contribution in [0.15, 0.2) is 5.38 Å². The molecule has 1 aliphatic rings. The number of aromatic nitrogens is 1. The number of carbonyl (C=O) groups excluding carboxylic acids is 1. The Bertz CT molecular complexity index is 430. The number of alkyl halides is 1. The number of carbonyl (C=O) groups is 1. The molecule has 0 aliphatic carbocycles. The Morgan fingerprint density at radius 2 is 2.53 bits per heavy atom. The summed E-state index contributed by atoms with van der Waals surface area (Å²) in [4.78, 5) is 18.3. The van der Waals surface area contributed by atoms with Crippen molar-refractivity contribution in [3.05, 3.63) is 16.1 Å². The van der Waals surface area contributed by atoms with E-state index in [1.165, 1.54) is 0 Å². The van der Waals surface area contributed by atoms with Crippen LogP contribution in [0.2, 0.25) is 0 Å². The molecule has 1 aromatic rings. The number of thiazole rings is 1. The van der Waals surface area contributed by atoms with Crippen molar-refractivity contribution >= 4 is 28.8 Å². The first-order valence-electron chi connectivity index (χ1n) is 6.51. The second kappa shape index (κ2) is 6.68. The molecule has 1 aliphatic heterocycles. The summed E-state index contributed by atoms with van der Waals surface area (Å²) in [7, 11) is 0. The molecule has 2 atom stereocenters. The van der Waals surface area contributed by atoms with Gasteiger partial charge in [0.2, 0.25) is 5.91 Å². The van der Waals surface area contributed by atoms with Gasteiger partial charge in [0, 0.05) is 24.2 Å². The van der Waals surface area contributed by atoms with E-state index in [2.05, 4.69) is 4.98 Å². The van der Waals surface area contributed by atoms with Gasteiger partial charge in [-0.2, -0.15) is 0 Å². The van der Waals surface area contributed by atoms with Crippen molar-refractivity contribution in [2.45, 2.75) is 44.7 Å². The summed E-state index contributed by atoms with van der Waals surface area (Å²) in [5.74, 6) is -0.0509. The third-order valence-corrected chi connectivity index (χ3v) is 4.23. The number of rotatable bonds is 5. The van der Waals surface area contributed by atoms with Crippen LogP contribution in [0.5, 0.6) is 0 Å². The zero-order valence-electron chi connectivity index (χ0n) is 11.3. The molecule has 1 fully saturated rings. The lowest BCUT2D eigenvalue weighted by Gasteiger charge is -2.25. The van der Waals surface area contributed by atoms with Gasteiger partial charge in [0.25, 0.3) is 0 Å². The van der Waals surface area contributed by atoms with Crippen LogP contribution in [0.25, 0.3) is 0 Å². The molecular formula is C13H19ClN2O2S. The summed E-state index contributed by atoms with van der Waals surface area (Å²) in [5.41, 5.74) is 0.989. The first-order chi connectivity index (χ1) is 9.06. The minimum absolute atomic E-state index is 0.0509. The van der Waals surface area contributed by atoms with Crippen molar-refractivity contribution in [2.24, 2.45) is 0 Å². The largest absolute Gasteiger partial charge is 0.376 e. The molecule has 0 radical (unpaired) electrons. The normalized spacial score (nSPS) is 20.5. The highest BCUT2D eigenvalue weighted by molar-refractivity contribution is 7.09. The summed E-state index contributed by atoms with van der Waals surface area (Å²) >= 11 is 7.51. The van der Waals surface area contributed by atoms with E-state index in [1.54, 1.807) is 23.2 Å². The second-order valence-electron chi connectivity index (χ2n) is 4.85. The Morgan fingerprint density at radius 1 is 1.74 bits per heavy atom. The molecular weight excluding hydrogens is 284 g/mol. The summed E-state index contributed by atoms with van der Waals surface area (Å²) in [6.45, 7) is 5.58. The average Bonchev–Trinajstić information content (AvgIpc) is 2.99. The van der Waals surface area contributed by atoms with Crippen LogP contribution in [0, 0.1) is 6.92 Å². The van der Waals surface area contributed by atoms with Crippen LogP contribution in [-0.2, 0) is 16.1 Å². The molecule has 0 aromatic carbocycles. The molecule has 2 heterocycles. The van der Waals surface area contributed by atoms with Crippen LogP contribution in [0.3, 0.4) is 0 Å². The zero-order chi connectivity index (χ0) is 13.8. The van der Waals surface area contributed by atoms with Gasteiger partial charge in [-0.1, -0.05) is 0 Å². The SMILES string of the molecule is Cc1csc(CN(CC2CCCO2)C(=O)C(C)Cl)n1. The smallest absolute Gasteiger partial charge is 0.240 e. The fourth-order valence-corrected chi connectivity index (χ4v) is 3.08. The number of amides is 1. The quantitative estimate of drug-likeness (QED) is 0.785. The minimum Gasteiger partial charge on any atom is -0.376 e. The van der Waals surface area contributed by atoms with Crippen LogP contribution in [0.1, 0.15) is 30.5 Å². The maximum absolute atomic E-state index is 12.2. The highest BCUT2D eigenvalue weighted by Crippen LogP contribution is 2.18. The van der Waals surface area contributed by atoms with Crippen molar-refractivity contribution < 1.29 is 9.53 Å². The van der Waals surface area contributed by atoms with Crippen molar-refractivity contribution in [1.29, 1.82) is 0 Å². The van der Waals surface area contributed by atoms with Gasteiger partial charge >= 0.3 is 0 Å². The molecule has 0 saturated carbocycles. The van der Waals surface area contributed by atoms with Crippen LogP contribution in [-0.4, -0.2) is 40.4 Å². The van der Waals surface area contributed by atoms with Gasteiger partial charge < -0.3 is 9.64 Å². The molecule has 0 spiro atoms. The second-order valence-corrected chi connectivity index (χ2v) is 6.45. The van der Waals surface area contributed by atoms with Gasteiger partial charge in [0.1, 0.15) is 10.4 Å². The average molecular weight is 303 g/mol. The number of halogens is 1. The molecule has 1 amide bonds. The van der Waals surface area contributed by atoms with Gasteiger partial charge in [-0.25, -0.2) is 4.98 Å². The van der Waals surface area contributed by atoms with Crippen molar-refractivity contribution in [1.82, 2.24) is 9.88 Å². The molecule has 1 aromatic heterocycles. The van der Waals surface area contributed by atoms with E-state index in [0.717, 1.165) is 30.2 Å². The van der Waals surface area contributed by atoms with E-state index in [0.29, 0.717) is 13.1 Å². The Hall–Kier alpha value is -0.650. The molecule has 2 rings (SSSR count). The third kappa shape index (κ3) is 4.16. The number of hydrogen-bond donors (Lipinski definition) is 0. The lowest BCUT2D eigenvalue weighted by atomic mass is 10.2. The Balaban J connectivity index is 2.02. The molecule has 19 heavy (non-hydrogen) atoms. The number of hydrogen-bond acceptors (Lipinski definition) is 4. The Kier molecular flexibility index (Phi) is 5.19. The van der Waals surface area contributed by atoms with E-state index in [1.807, 2.05) is 12.3 Å². The maximum atomic E-state index is 12.2. The molecule has 0 bridgehead atoms. The van der Waals surface area contributed by atoms with E-state index < -0.39 is 5.38 Å². The number of nitrogens with zero attached hydrogens (tertiary/aromatic N) is 2. The van der Waals surface area contributed by atoms with Gasteiger partial charge in [-0.3, -0.25) is 4.79 Å². The molecule has 106 valence electrons. The summed E-state index contributed by atoms with van der Waals surface area (Å²) in [6.07, 6.45) is 2.22. The van der Waals surface area contributed by atoms with Crippen molar-refractivity contribution in [2.75, 3.05) is 13.2 Å². The Labute approximate surface area is 122 Å². The first-order valence-corrected chi connectivity index (χ1v) is 7.83. The predicted octanol–water partition coefficient (Wildman–Crippen LogP) is 2.59. The van der Waals surface area contributed by atoms with Gasteiger partial charge in [-0.05, 0) is 26.7 Å². The first kappa shape index (κ1) is 14.8. The van der Waals surface area contributed by atoms with E-state index in [9.17, 15) is 4.79 Å². The van der Waals surface area contributed by atoms with E-state index in [-0.39, 0.29) is 12.0 Å². The monoisotopic (exact) mass is 302 g/mol. The van der Waals surface area contributed by atoms with Gasteiger partial charge in [0.15, 0.2) is 0 Å². The van der Waals surface area contributed by atoms with Crippen molar-refractivity contribution in [3.8, 4) is 0 Å². The zero-order valence-corrected chi connectivity index (χ0v) is 12.8. The third-order valence-electron chi connectivity index (χ3n) is 3.09. The molecule has 0 N–H and O–H groups in total. The molecule has 6 heteroatoms. The highest BCUT2D eigenvalue weighted by Gasteiger charge is 2.25. The Morgan fingerprint density at radius 3 is 3.05 bits per heavy atom. The van der Waals surface area contributed by atoms with Gasteiger partial charge in [-0.15, -0.1) is 22.9 Å². The van der Waals surface area contributed by atoms with Crippen LogP contribution in [0.4, 0.5) is 0 Å². The van der Waals surface area contributed by atoms with Crippen molar-refractivity contribution in [3.63, 3.8) is 0 Å². The summed E-state index contributed by atoms with van der Waals surface area (Å²) in [6, 6.07) is 0. The standard InChI is InChI=1S/C13H19ClN2O2S/c1-9-8-19-12(15-9)7-16(13(17)10(2)14)6-11-4-3-5-18-11/h8,10-11H,3-7H2,1-2H3. The molecule has 1 saturated heterocycles. The fraction of sp³-hybridized carbons (Fsp3) is 0.692. The van der Waals surface area contributed by atoms with Crippen LogP contribution >= 0.6 is 22.9 Å². The molecule has 2 unspecified atom stereocenters. The maximum Gasteiger partial charge on any atom is 0.240 e. The number of aryl methyl sites for hydroxylation is 1. The number of ether oxygens (including phenoxy) is 1. The summed E-state index contributed by atoms with van der Waals surface area (Å²) < 4.78 is 5.60.